The molecule has 3 aromatic rings. The van der Waals surface area contributed by atoms with Crippen molar-refractivity contribution in [1.82, 2.24) is 4.98 Å². The molecule has 1 aromatic heterocycles. The highest BCUT2D eigenvalue weighted by atomic mass is 16.4. The number of para-hydroxylation sites is 1. The molecule has 0 saturated heterocycles. The minimum atomic E-state index is 0.277. The Labute approximate surface area is 124 Å². The molecule has 0 spiro atoms. The number of rotatable bonds is 4. The third-order valence-corrected chi connectivity index (χ3v) is 3.50. The fraction of sp³-hybridized carbons (Fsp3) is 0.235. The molecule has 21 heavy (non-hydrogen) atoms. The van der Waals surface area contributed by atoms with Crippen molar-refractivity contribution < 1.29 is 4.42 Å². The Morgan fingerprint density at radius 2 is 1.86 bits per heavy atom. The maximum atomic E-state index is 5.96. The fourth-order valence-electron chi connectivity index (χ4n) is 2.33. The van der Waals surface area contributed by atoms with E-state index >= 15 is 0 Å². The summed E-state index contributed by atoms with van der Waals surface area (Å²) in [6, 6.07) is 16.8. The quantitative estimate of drug-likeness (QED) is 0.738. The van der Waals surface area contributed by atoms with Crippen molar-refractivity contribution in [3.8, 4) is 0 Å². The van der Waals surface area contributed by atoms with Crippen LogP contribution in [-0.4, -0.2) is 11.0 Å². The van der Waals surface area contributed by atoms with Gasteiger partial charge in [0.1, 0.15) is 5.52 Å². The van der Waals surface area contributed by atoms with Gasteiger partial charge in [-0.15, -0.1) is 0 Å². The van der Waals surface area contributed by atoms with Crippen LogP contribution < -0.4 is 10.6 Å². The van der Waals surface area contributed by atoms with E-state index in [-0.39, 0.29) is 6.04 Å². The molecular formula is C17H19N3O. The topological polar surface area (TPSA) is 55.3 Å². The first-order valence-electron chi connectivity index (χ1n) is 7.11. The predicted octanol–water partition coefficient (Wildman–Crippen LogP) is 3.83. The van der Waals surface area contributed by atoms with Crippen molar-refractivity contribution >= 4 is 22.8 Å². The lowest BCUT2D eigenvalue weighted by Gasteiger charge is -2.24. The summed E-state index contributed by atoms with van der Waals surface area (Å²) < 4.78 is 5.88. The van der Waals surface area contributed by atoms with Gasteiger partial charge >= 0.3 is 0 Å². The number of aromatic nitrogens is 1. The molecule has 0 aliphatic carbocycles. The highest BCUT2D eigenvalue weighted by Crippen LogP contribution is 2.27. The molecule has 108 valence electrons. The van der Waals surface area contributed by atoms with Gasteiger partial charge in [-0.05, 0) is 31.5 Å². The lowest BCUT2D eigenvalue weighted by Crippen LogP contribution is -2.30. The molecule has 2 N–H and O–H groups in total. The van der Waals surface area contributed by atoms with Crippen molar-refractivity contribution in [2.45, 2.75) is 26.4 Å². The Hall–Kier alpha value is -2.49. The molecule has 0 amide bonds. The van der Waals surface area contributed by atoms with E-state index in [2.05, 4.69) is 35.9 Å². The first-order valence-corrected chi connectivity index (χ1v) is 7.11. The van der Waals surface area contributed by atoms with Crippen LogP contribution in [0.3, 0.4) is 0 Å². The number of oxazole rings is 1. The molecule has 0 bridgehead atoms. The van der Waals surface area contributed by atoms with Gasteiger partial charge in [-0.1, -0.05) is 36.4 Å². The minimum absolute atomic E-state index is 0.277. The normalized spacial score (nSPS) is 11.2. The van der Waals surface area contributed by atoms with E-state index in [9.17, 15) is 0 Å². The van der Waals surface area contributed by atoms with E-state index in [0.717, 1.165) is 17.6 Å². The number of nitrogen functional groups attached to an aromatic ring is 1. The van der Waals surface area contributed by atoms with E-state index in [1.807, 2.05) is 36.4 Å². The number of benzene rings is 2. The van der Waals surface area contributed by atoms with Crippen LogP contribution in [0, 0.1) is 0 Å². The van der Waals surface area contributed by atoms with Crippen LogP contribution in [0.4, 0.5) is 11.7 Å². The number of hydrogen-bond donors (Lipinski definition) is 1. The number of hydrogen-bond acceptors (Lipinski definition) is 4. The first-order chi connectivity index (χ1) is 10.1. The highest BCUT2D eigenvalue weighted by molar-refractivity contribution is 5.86. The third kappa shape index (κ3) is 2.70. The highest BCUT2D eigenvalue weighted by Gasteiger charge is 2.18. The number of nitrogens with zero attached hydrogens (tertiary/aromatic N) is 2. The monoisotopic (exact) mass is 281 g/mol. The lowest BCUT2D eigenvalue weighted by molar-refractivity contribution is 0.536. The molecule has 0 aliphatic heterocycles. The molecule has 4 nitrogen and oxygen atoms in total. The molecule has 0 saturated carbocycles. The van der Waals surface area contributed by atoms with E-state index in [4.69, 9.17) is 10.2 Å². The summed E-state index contributed by atoms with van der Waals surface area (Å²) in [5.41, 5.74) is 9.28. The molecule has 0 radical (unpaired) electrons. The second kappa shape index (κ2) is 5.48. The van der Waals surface area contributed by atoms with Crippen LogP contribution in [-0.2, 0) is 6.54 Å². The number of nitrogens with two attached hydrogens (primary N) is 1. The van der Waals surface area contributed by atoms with Crippen LogP contribution in [0.5, 0.6) is 0 Å². The van der Waals surface area contributed by atoms with Gasteiger partial charge in [0.25, 0.3) is 6.01 Å². The summed E-state index contributed by atoms with van der Waals surface area (Å²) in [5, 5.41) is 0. The average Bonchev–Trinajstić information content (AvgIpc) is 2.91. The second-order valence-corrected chi connectivity index (χ2v) is 5.40. The molecule has 0 fully saturated rings. The van der Waals surface area contributed by atoms with Gasteiger partial charge in [0, 0.05) is 12.6 Å². The Morgan fingerprint density at radius 1 is 1.10 bits per heavy atom. The van der Waals surface area contributed by atoms with Gasteiger partial charge in [0.05, 0.1) is 5.69 Å². The summed E-state index contributed by atoms with van der Waals surface area (Å²) in [6.45, 7) is 5.01. The second-order valence-electron chi connectivity index (χ2n) is 5.40. The Morgan fingerprint density at radius 3 is 2.52 bits per heavy atom. The average molecular weight is 281 g/mol. The maximum absolute atomic E-state index is 5.96. The van der Waals surface area contributed by atoms with E-state index in [1.165, 1.54) is 5.56 Å². The largest absolute Gasteiger partial charge is 0.423 e. The zero-order valence-electron chi connectivity index (χ0n) is 12.3. The van der Waals surface area contributed by atoms with Crippen LogP contribution in [0.2, 0.25) is 0 Å². The molecule has 0 unspecified atom stereocenters. The fourth-order valence-corrected chi connectivity index (χ4v) is 2.33. The summed E-state index contributed by atoms with van der Waals surface area (Å²) in [4.78, 5) is 6.70. The first kappa shape index (κ1) is 13.5. The molecule has 4 heteroatoms. The van der Waals surface area contributed by atoms with Gasteiger partial charge in [0.2, 0.25) is 0 Å². The van der Waals surface area contributed by atoms with Gasteiger partial charge in [-0.2, -0.15) is 4.98 Å². The molecular weight excluding hydrogens is 262 g/mol. The Kier molecular flexibility index (Phi) is 3.52. The van der Waals surface area contributed by atoms with Crippen molar-refractivity contribution in [3.63, 3.8) is 0 Å². The number of anilines is 2. The summed E-state index contributed by atoms with van der Waals surface area (Å²) >= 11 is 0. The molecule has 0 aliphatic rings. The molecule has 2 aromatic carbocycles. The third-order valence-electron chi connectivity index (χ3n) is 3.50. The smallest absolute Gasteiger partial charge is 0.298 e. The standard InChI is InChI=1S/C17H19N3O/c1-12(2)20(11-13-7-4-3-5-8-13)17-19-16-14(18)9-6-10-15(16)21-17/h3-10,12H,11,18H2,1-2H3. The SMILES string of the molecule is CC(C)N(Cc1ccccc1)c1nc2c(N)cccc2o1. The van der Waals surface area contributed by atoms with E-state index in [0.29, 0.717) is 11.7 Å². The van der Waals surface area contributed by atoms with Gasteiger partial charge in [0.15, 0.2) is 5.58 Å². The lowest BCUT2D eigenvalue weighted by atomic mass is 10.2. The minimum Gasteiger partial charge on any atom is -0.423 e. The van der Waals surface area contributed by atoms with Gasteiger partial charge in [-0.3, -0.25) is 0 Å². The Balaban J connectivity index is 1.97. The molecule has 0 atom stereocenters. The number of fused-ring (bicyclic) bond motifs is 1. The van der Waals surface area contributed by atoms with Crippen molar-refractivity contribution in [1.29, 1.82) is 0 Å². The van der Waals surface area contributed by atoms with Crippen LogP contribution in [0.25, 0.3) is 11.1 Å². The summed E-state index contributed by atoms with van der Waals surface area (Å²) in [6.07, 6.45) is 0. The van der Waals surface area contributed by atoms with Crippen LogP contribution in [0.1, 0.15) is 19.4 Å². The zero-order chi connectivity index (χ0) is 14.8. The van der Waals surface area contributed by atoms with Crippen molar-refractivity contribution in [2.24, 2.45) is 0 Å². The van der Waals surface area contributed by atoms with Crippen LogP contribution >= 0.6 is 0 Å². The van der Waals surface area contributed by atoms with E-state index in [1.54, 1.807) is 0 Å². The van der Waals surface area contributed by atoms with E-state index < -0.39 is 0 Å². The van der Waals surface area contributed by atoms with Crippen LogP contribution in [0.15, 0.2) is 52.9 Å². The zero-order valence-corrected chi connectivity index (χ0v) is 12.3. The molecule has 3 rings (SSSR count). The van der Waals surface area contributed by atoms with Gasteiger partial charge in [-0.25, -0.2) is 0 Å². The maximum Gasteiger partial charge on any atom is 0.298 e. The summed E-state index contributed by atoms with van der Waals surface area (Å²) in [5.74, 6) is 0. The van der Waals surface area contributed by atoms with Gasteiger partial charge < -0.3 is 15.1 Å². The molecule has 1 heterocycles. The Bertz CT molecular complexity index is 734. The van der Waals surface area contributed by atoms with Crippen molar-refractivity contribution in [2.75, 3.05) is 10.6 Å². The predicted molar refractivity (Wildman–Crippen MR) is 86.2 cm³/mol. The summed E-state index contributed by atoms with van der Waals surface area (Å²) in [7, 11) is 0. The van der Waals surface area contributed by atoms with Crippen molar-refractivity contribution in [3.05, 3.63) is 54.1 Å².